The monoisotopic (exact) mass is 452 g/mol. The summed E-state index contributed by atoms with van der Waals surface area (Å²) in [4.78, 5) is 13.7. The first-order valence-electron chi connectivity index (χ1n) is 9.15. The molecule has 1 aromatic carbocycles. The maximum absolute atomic E-state index is 15.3. The quantitative estimate of drug-likeness (QED) is 0.477. The number of nitrogens with one attached hydrogen (secondary N) is 1. The molecular weight excluding hydrogens is 431 g/mol. The highest BCUT2D eigenvalue weighted by Gasteiger charge is 2.26. The van der Waals surface area contributed by atoms with Crippen LogP contribution < -0.4 is 4.72 Å². The molecule has 0 saturated heterocycles. The molecule has 5 nitrogen and oxygen atoms in total. The van der Waals surface area contributed by atoms with Crippen LogP contribution in [-0.4, -0.2) is 24.9 Å². The van der Waals surface area contributed by atoms with E-state index in [9.17, 15) is 4.21 Å². The summed E-state index contributed by atoms with van der Waals surface area (Å²) in [5.74, 6) is -0.0525. The van der Waals surface area contributed by atoms with Crippen LogP contribution in [0.1, 0.15) is 39.1 Å². The van der Waals surface area contributed by atoms with Gasteiger partial charge in [0.25, 0.3) is 0 Å². The number of hydrogen-bond donors (Lipinski definition) is 1. The summed E-state index contributed by atoms with van der Waals surface area (Å²) in [5.41, 5.74) is 1.35. The van der Waals surface area contributed by atoms with Crippen molar-refractivity contribution in [2.24, 2.45) is 0 Å². The highest BCUT2D eigenvalue weighted by molar-refractivity contribution is 7.86. The van der Waals surface area contributed by atoms with Gasteiger partial charge in [-0.2, -0.15) is 0 Å². The SMILES string of the molecule is CCCS(=O)Nc1cccc(-c2nc(C(C)(C)C)sc2-c2ccnc(Cl)n2)c1F. The first kappa shape index (κ1) is 21.8. The fourth-order valence-corrected chi connectivity index (χ4v) is 4.74. The van der Waals surface area contributed by atoms with Gasteiger partial charge in [-0.15, -0.1) is 11.3 Å². The van der Waals surface area contributed by atoms with Crippen LogP contribution in [0.4, 0.5) is 10.1 Å². The average Bonchev–Trinajstić information content (AvgIpc) is 3.09. The third kappa shape index (κ3) is 4.99. The molecule has 0 aliphatic rings. The molecule has 0 amide bonds. The Balaban J connectivity index is 2.15. The van der Waals surface area contributed by atoms with E-state index in [1.165, 1.54) is 11.3 Å². The summed E-state index contributed by atoms with van der Waals surface area (Å²) < 4.78 is 30.2. The molecule has 1 atom stereocenters. The summed E-state index contributed by atoms with van der Waals surface area (Å²) in [6.07, 6.45) is 2.30. The number of hydrogen-bond acceptors (Lipinski definition) is 5. The Morgan fingerprint density at radius 1 is 1.24 bits per heavy atom. The van der Waals surface area contributed by atoms with Crippen molar-refractivity contribution in [3.8, 4) is 21.8 Å². The molecule has 9 heteroatoms. The summed E-state index contributed by atoms with van der Waals surface area (Å²) in [5, 5.41) is 0.967. The van der Waals surface area contributed by atoms with Crippen LogP contribution in [-0.2, 0) is 16.4 Å². The number of anilines is 1. The van der Waals surface area contributed by atoms with E-state index in [-0.39, 0.29) is 16.4 Å². The van der Waals surface area contributed by atoms with Crippen molar-refractivity contribution in [3.05, 3.63) is 46.6 Å². The second-order valence-corrected chi connectivity index (χ2v) is 10.1. The summed E-state index contributed by atoms with van der Waals surface area (Å²) in [6, 6.07) is 6.68. The van der Waals surface area contributed by atoms with Crippen LogP contribution in [0.3, 0.4) is 0 Å². The number of halogens is 2. The molecular formula is C20H22ClFN4OS2. The van der Waals surface area contributed by atoms with Crippen LogP contribution in [0.15, 0.2) is 30.5 Å². The zero-order valence-electron chi connectivity index (χ0n) is 16.6. The maximum Gasteiger partial charge on any atom is 0.222 e. The third-order valence-electron chi connectivity index (χ3n) is 3.99. The first-order valence-corrected chi connectivity index (χ1v) is 11.7. The molecule has 3 rings (SSSR count). The van der Waals surface area contributed by atoms with Gasteiger partial charge in [-0.05, 0) is 36.2 Å². The second kappa shape index (κ2) is 8.85. The third-order valence-corrected chi connectivity index (χ3v) is 6.91. The van der Waals surface area contributed by atoms with Crippen LogP contribution in [0.25, 0.3) is 21.8 Å². The van der Waals surface area contributed by atoms with Crippen molar-refractivity contribution in [2.75, 3.05) is 10.5 Å². The molecule has 0 radical (unpaired) electrons. The molecule has 0 aliphatic carbocycles. The standard InChI is InChI=1S/C20H22ClFN4OS2/c1-5-11-29(27)26-13-8-6-7-12(15(13)22)16-17(14-9-10-23-19(21)24-14)28-18(25-16)20(2,3)4/h6-10,26H,5,11H2,1-4H3. The Morgan fingerprint density at radius 3 is 2.66 bits per heavy atom. The number of thiazole rings is 1. The number of nitrogens with zero attached hydrogens (tertiary/aromatic N) is 3. The molecule has 0 aliphatic heterocycles. The van der Waals surface area contributed by atoms with Gasteiger partial charge < -0.3 is 4.72 Å². The minimum absolute atomic E-state index is 0.116. The summed E-state index contributed by atoms with van der Waals surface area (Å²) in [6.45, 7) is 8.08. The van der Waals surface area contributed by atoms with Crippen molar-refractivity contribution < 1.29 is 8.60 Å². The fourth-order valence-electron chi connectivity index (χ4n) is 2.61. The highest BCUT2D eigenvalue weighted by atomic mass is 35.5. The van der Waals surface area contributed by atoms with Crippen molar-refractivity contribution in [3.63, 3.8) is 0 Å². The van der Waals surface area contributed by atoms with E-state index in [4.69, 9.17) is 16.6 Å². The van der Waals surface area contributed by atoms with Crippen LogP contribution >= 0.6 is 22.9 Å². The Morgan fingerprint density at radius 2 is 2.00 bits per heavy atom. The van der Waals surface area contributed by atoms with Crippen molar-refractivity contribution in [2.45, 2.75) is 39.5 Å². The molecule has 3 aromatic rings. The van der Waals surface area contributed by atoms with Gasteiger partial charge in [0, 0.05) is 22.9 Å². The largest absolute Gasteiger partial charge is 0.302 e. The zero-order valence-corrected chi connectivity index (χ0v) is 19.0. The lowest BCUT2D eigenvalue weighted by Gasteiger charge is -2.13. The van der Waals surface area contributed by atoms with Crippen LogP contribution in [0.5, 0.6) is 0 Å². The van der Waals surface area contributed by atoms with E-state index in [1.807, 2.05) is 6.92 Å². The minimum Gasteiger partial charge on any atom is -0.302 e. The predicted octanol–water partition coefficient (Wildman–Crippen LogP) is 5.84. The summed E-state index contributed by atoms with van der Waals surface area (Å²) in [7, 11) is -1.35. The molecule has 0 fully saturated rings. The van der Waals surface area contributed by atoms with Crippen molar-refractivity contribution >= 4 is 39.6 Å². The van der Waals surface area contributed by atoms with E-state index in [2.05, 4.69) is 35.5 Å². The van der Waals surface area contributed by atoms with Gasteiger partial charge in [0.2, 0.25) is 5.28 Å². The van der Waals surface area contributed by atoms with Gasteiger partial charge in [-0.1, -0.05) is 33.8 Å². The Labute approximate surface area is 181 Å². The van der Waals surface area contributed by atoms with Gasteiger partial charge >= 0.3 is 0 Å². The van der Waals surface area contributed by atoms with Crippen molar-refractivity contribution in [1.82, 2.24) is 15.0 Å². The molecule has 2 aromatic heterocycles. The molecule has 0 bridgehead atoms. The Hall–Kier alpha value is -1.90. The molecule has 154 valence electrons. The smallest absolute Gasteiger partial charge is 0.222 e. The molecule has 29 heavy (non-hydrogen) atoms. The van der Waals surface area contributed by atoms with E-state index in [0.717, 1.165) is 11.4 Å². The van der Waals surface area contributed by atoms with Crippen LogP contribution in [0, 0.1) is 5.82 Å². The molecule has 0 saturated carbocycles. The number of aromatic nitrogens is 3. The van der Waals surface area contributed by atoms with Gasteiger partial charge in [-0.3, -0.25) is 0 Å². The molecule has 0 spiro atoms. The first-order chi connectivity index (χ1) is 13.7. The van der Waals surface area contributed by atoms with E-state index >= 15 is 4.39 Å². The van der Waals surface area contributed by atoms with Gasteiger partial charge in [0.05, 0.1) is 27.0 Å². The molecule has 2 heterocycles. The topological polar surface area (TPSA) is 67.8 Å². The van der Waals surface area contributed by atoms with E-state index < -0.39 is 16.8 Å². The maximum atomic E-state index is 15.3. The Kier molecular flexibility index (Phi) is 6.65. The highest BCUT2D eigenvalue weighted by Crippen LogP contribution is 2.41. The number of rotatable bonds is 6. The fraction of sp³-hybridized carbons (Fsp3) is 0.350. The lowest BCUT2D eigenvalue weighted by Crippen LogP contribution is -2.10. The van der Waals surface area contributed by atoms with Crippen molar-refractivity contribution in [1.29, 1.82) is 0 Å². The zero-order chi connectivity index (χ0) is 21.2. The Bertz CT molecular complexity index is 1050. The average molecular weight is 453 g/mol. The molecule has 1 N–H and O–H groups in total. The normalized spacial score (nSPS) is 12.8. The van der Waals surface area contributed by atoms with Crippen LogP contribution in [0.2, 0.25) is 5.28 Å². The second-order valence-electron chi connectivity index (χ2n) is 7.48. The lowest BCUT2D eigenvalue weighted by molar-refractivity contribution is 0.585. The minimum atomic E-state index is -1.35. The van der Waals surface area contributed by atoms with Gasteiger partial charge in [0.1, 0.15) is 11.0 Å². The molecule has 1 unspecified atom stereocenters. The van der Waals surface area contributed by atoms with E-state index in [1.54, 1.807) is 30.5 Å². The summed E-state index contributed by atoms with van der Waals surface area (Å²) >= 11 is 7.43. The van der Waals surface area contributed by atoms with Gasteiger partial charge in [-0.25, -0.2) is 23.6 Å². The van der Waals surface area contributed by atoms with E-state index in [0.29, 0.717) is 27.6 Å². The van der Waals surface area contributed by atoms with Gasteiger partial charge in [0.15, 0.2) is 5.82 Å². The lowest BCUT2D eigenvalue weighted by atomic mass is 9.98. The predicted molar refractivity (Wildman–Crippen MR) is 119 cm³/mol. The number of benzene rings is 1.